The molecule has 3 rings (SSSR count). The van der Waals surface area contributed by atoms with Crippen LogP contribution < -0.4 is 5.32 Å². The number of aryl methyl sites for hydroxylation is 1. The average molecular weight is 386 g/mol. The van der Waals surface area contributed by atoms with Crippen LogP contribution in [0.15, 0.2) is 4.52 Å². The molecule has 0 spiro atoms. The summed E-state index contributed by atoms with van der Waals surface area (Å²) in [7, 11) is 0. The minimum absolute atomic E-state index is 0.00328. The number of nitrogens with zero attached hydrogens (tertiary/aromatic N) is 2. The molecule has 118 valence electrons. The van der Waals surface area contributed by atoms with Crippen molar-refractivity contribution in [2.45, 2.75) is 32.8 Å². The van der Waals surface area contributed by atoms with E-state index in [0.717, 1.165) is 39.2 Å². The van der Waals surface area contributed by atoms with Crippen molar-refractivity contribution in [3.05, 3.63) is 16.3 Å². The maximum Gasteiger partial charge on any atom is 0.261 e. The Kier molecular flexibility index (Phi) is 4.90. The predicted molar refractivity (Wildman–Crippen MR) is 87.4 cm³/mol. The van der Waals surface area contributed by atoms with E-state index in [0.29, 0.717) is 31.3 Å². The molecule has 6 nitrogen and oxygen atoms in total. The number of thiophene rings is 1. The summed E-state index contributed by atoms with van der Waals surface area (Å²) in [5.41, 5.74) is 2.01. The number of alkyl halides is 1. The van der Waals surface area contributed by atoms with Crippen molar-refractivity contribution in [2.75, 3.05) is 17.3 Å². The Balaban J connectivity index is 1.94. The van der Waals surface area contributed by atoms with Crippen LogP contribution in [0.5, 0.6) is 0 Å². The van der Waals surface area contributed by atoms with Gasteiger partial charge in [-0.15, -0.1) is 11.3 Å². The Hall–Kier alpha value is -1.25. The third kappa shape index (κ3) is 3.23. The van der Waals surface area contributed by atoms with Gasteiger partial charge >= 0.3 is 0 Å². The van der Waals surface area contributed by atoms with E-state index in [1.165, 1.54) is 11.3 Å². The number of ether oxygens (including phenoxy) is 1. The van der Waals surface area contributed by atoms with E-state index in [2.05, 4.69) is 31.4 Å². The van der Waals surface area contributed by atoms with Gasteiger partial charge in [-0.3, -0.25) is 4.79 Å². The maximum atomic E-state index is 12.0. The molecular formula is C14H16BrN3O3S. The summed E-state index contributed by atoms with van der Waals surface area (Å²) in [4.78, 5) is 17.5. The largest absolute Gasteiger partial charge is 0.376 e. The van der Waals surface area contributed by atoms with Gasteiger partial charge in [-0.1, -0.05) is 21.1 Å². The summed E-state index contributed by atoms with van der Waals surface area (Å²) in [6, 6.07) is 0. The molecule has 2 aromatic heterocycles. The van der Waals surface area contributed by atoms with E-state index in [4.69, 9.17) is 9.26 Å². The molecule has 22 heavy (non-hydrogen) atoms. The third-order valence-corrected chi connectivity index (χ3v) is 5.03. The summed E-state index contributed by atoms with van der Waals surface area (Å²) < 4.78 is 10.8. The smallest absolute Gasteiger partial charge is 0.261 e. The molecule has 0 saturated heterocycles. The number of carbonyl (C=O) groups excluding carboxylic acids is 1. The average Bonchev–Trinajstić information content (AvgIpc) is 3.08. The lowest BCUT2D eigenvalue weighted by atomic mass is 10.1. The van der Waals surface area contributed by atoms with E-state index in [-0.39, 0.29) is 5.91 Å². The molecule has 0 saturated carbocycles. The highest BCUT2D eigenvalue weighted by molar-refractivity contribution is 9.09. The lowest BCUT2D eigenvalue weighted by Gasteiger charge is -2.12. The van der Waals surface area contributed by atoms with Crippen LogP contribution in [0.2, 0.25) is 0 Å². The van der Waals surface area contributed by atoms with Crippen molar-refractivity contribution < 1.29 is 14.1 Å². The molecule has 0 aromatic carbocycles. The normalized spacial score (nSPS) is 13.9. The Morgan fingerprint density at radius 2 is 2.36 bits per heavy atom. The SMILES string of the molecule is Cc1noc(-c2c(NC(=O)CCCBr)sc3c2CCOC3)n1. The molecule has 1 amide bonds. The molecule has 0 aliphatic carbocycles. The number of nitrogens with one attached hydrogen (secondary N) is 1. The second kappa shape index (κ2) is 6.89. The standard InChI is InChI=1S/C14H16BrN3O3S/c1-8-16-13(21-18-8)12-9-4-6-20-7-10(9)22-14(12)17-11(19)3-2-5-15/h2-7H2,1H3,(H,17,19). The van der Waals surface area contributed by atoms with Gasteiger partial charge in [0.2, 0.25) is 5.91 Å². The van der Waals surface area contributed by atoms with Crippen LogP contribution >= 0.6 is 27.3 Å². The quantitative estimate of drug-likeness (QED) is 0.798. The van der Waals surface area contributed by atoms with Crippen molar-refractivity contribution >= 4 is 38.2 Å². The molecule has 2 aromatic rings. The lowest BCUT2D eigenvalue weighted by molar-refractivity contribution is -0.116. The van der Waals surface area contributed by atoms with Crippen LogP contribution in [-0.2, 0) is 22.6 Å². The van der Waals surface area contributed by atoms with Gasteiger partial charge in [-0.25, -0.2) is 0 Å². The molecule has 0 atom stereocenters. The van der Waals surface area contributed by atoms with Crippen LogP contribution in [0.3, 0.4) is 0 Å². The molecule has 0 bridgehead atoms. The number of amides is 1. The molecule has 0 unspecified atom stereocenters. The Labute approximate surface area is 140 Å². The summed E-state index contributed by atoms with van der Waals surface area (Å²) >= 11 is 4.87. The fourth-order valence-electron chi connectivity index (χ4n) is 2.36. The first-order chi connectivity index (χ1) is 10.7. The zero-order valence-electron chi connectivity index (χ0n) is 12.1. The van der Waals surface area contributed by atoms with Gasteiger partial charge < -0.3 is 14.6 Å². The number of aromatic nitrogens is 2. The van der Waals surface area contributed by atoms with Gasteiger partial charge in [0.1, 0.15) is 5.00 Å². The highest BCUT2D eigenvalue weighted by atomic mass is 79.9. The van der Waals surface area contributed by atoms with Crippen molar-refractivity contribution in [1.29, 1.82) is 0 Å². The molecule has 0 fully saturated rings. The lowest BCUT2D eigenvalue weighted by Crippen LogP contribution is -2.11. The van der Waals surface area contributed by atoms with Gasteiger partial charge in [-0.2, -0.15) is 4.98 Å². The third-order valence-electron chi connectivity index (χ3n) is 3.35. The van der Waals surface area contributed by atoms with E-state index >= 15 is 0 Å². The maximum absolute atomic E-state index is 12.0. The van der Waals surface area contributed by atoms with Crippen LogP contribution in [0, 0.1) is 6.92 Å². The monoisotopic (exact) mass is 385 g/mol. The van der Waals surface area contributed by atoms with Crippen molar-refractivity contribution in [3.8, 4) is 11.5 Å². The van der Waals surface area contributed by atoms with Crippen molar-refractivity contribution in [3.63, 3.8) is 0 Å². The Morgan fingerprint density at radius 3 is 3.09 bits per heavy atom. The Bertz CT molecular complexity index is 683. The number of hydrogen-bond acceptors (Lipinski definition) is 6. The minimum atomic E-state index is -0.00328. The number of anilines is 1. The fraction of sp³-hybridized carbons (Fsp3) is 0.500. The summed E-state index contributed by atoms with van der Waals surface area (Å²) in [5, 5.41) is 8.43. The highest BCUT2D eigenvalue weighted by Gasteiger charge is 2.26. The van der Waals surface area contributed by atoms with Crippen LogP contribution in [-0.4, -0.2) is 28.0 Å². The minimum Gasteiger partial charge on any atom is -0.376 e. The predicted octanol–water partition coefficient (Wildman–Crippen LogP) is 3.29. The second-order valence-corrected chi connectivity index (χ2v) is 6.90. The second-order valence-electron chi connectivity index (χ2n) is 5.00. The van der Waals surface area contributed by atoms with Gasteiger partial charge in [0.15, 0.2) is 5.82 Å². The molecule has 1 aliphatic heterocycles. The summed E-state index contributed by atoms with van der Waals surface area (Å²) in [5.74, 6) is 1.04. The zero-order valence-corrected chi connectivity index (χ0v) is 14.6. The van der Waals surface area contributed by atoms with Crippen molar-refractivity contribution in [1.82, 2.24) is 10.1 Å². The molecular weight excluding hydrogens is 370 g/mol. The number of fused-ring (bicyclic) bond motifs is 1. The number of hydrogen-bond donors (Lipinski definition) is 1. The van der Waals surface area contributed by atoms with Crippen LogP contribution in [0.25, 0.3) is 11.5 Å². The molecule has 1 N–H and O–H groups in total. The molecule has 1 aliphatic rings. The van der Waals surface area contributed by atoms with Crippen LogP contribution in [0.1, 0.15) is 29.1 Å². The van der Waals surface area contributed by atoms with E-state index in [1.807, 2.05) is 0 Å². The number of carbonyl (C=O) groups is 1. The number of halogens is 1. The highest BCUT2D eigenvalue weighted by Crippen LogP contribution is 2.42. The first-order valence-corrected chi connectivity index (χ1v) is 9.01. The first-order valence-electron chi connectivity index (χ1n) is 7.08. The van der Waals surface area contributed by atoms with Gasteiger partial charge in [0, 0.05) is 16.6 Å². The zero-order chi connectivity index (χ0) is 15.5. The number of rotatable bonds is 5. The van der Waals surface area contributed by atoms with E-state index in [1.54, 1.807) is 6.92 Å². The van der Waals surface area contributed by atoms with Gasteiger partial charge in [-0.05, 0) is 25.3 Å². The van der Waals surface area contributed by atoms with E-state index in [9.17, 15) is 4.79 Å². The van der Waals surface area contributed by atoms with Gasteiger partial charge in [0.05, 0.1) is 18.8 Å². The molecule has 3 heterocycles. The van der Waals surface area contributed by atoms with Crippen LogP contribution in [0.4, 0.5) is 5.00 Å². The topological polar surface area (TPSA) is 77.2 Å². The fourth-order valence-corrected chi connectivity index (χ4v) is 3.84. The van der Waals surface area contributed by atoms with Crippen molar-refractivity contribution in [2.24, 2.45) is 0 Å². The summed E-state index contributed by atoms with van der Waals surface area (Å²) in [6.07, 6.45) is 2.07. The van der Waals surface area contributed by atoms with Gasteiger partial charge in [0.25, 0.3) is 5.89 Å². The molecule has 8 heteroatoms. The first kappa shape index (κ1) is 15.6. The Morgan fingerprint density at radius 1 is 1.50 bits per heavy atom. The molecule has 0 radical (unpaired) electrons. The summed E-state index contributed by atoms with van der Waals surface area (Å²) in [6.45, 7) is 3.02. The van der Waals surface area contributed by atoms with E-state index < -0.39 is 0 Å².